The van der Waals surface area contributed by atoms with Gasteiger partial charge in [-0.05, 0) is 35.8 Å². The molecular weight excluding hydrogens is 436 g/mol. The zero-order valence-electron chi connectivity index (χ0n) is 15.3. The van der Waals surface area contributed by atoms with Gasteiger partial charge in [-0.2, -0.15) is 13.2 Å². The molecule has 0 spiro atoms. The van der Waals surface area contributed by atoms with E-state index in [1.54, 1.807) is 6.92 Å². The molecule has 0 saturated carbocycles. The molecule has 0 saturated heterocycles. The number of hydrogen-bond acceptors (Lipinski definition) is 6. The summed E-state index contributed by atoms with van der Waals surface area (Å²) in [7, 11) is -0.579. The van der Waals surface area contributed by atoms with Crippen LogP contribution in [0.4, 0.5) is 24.5 Å². The SMILES string of the molecule is CCO[P+](=O)CN(C)c1cc(Oc2ccc(C(F)(F)F)cc2Cl)ccc1[N+](=O)[O-]. The number of alkyl halides is 3. The van der Waals surface area contributed by atoms with Crippen LogP contribution in [0.15, 0.2) is 36.4 Å². The van der Waals surface area contributed by atoms with Crippen LogP contribution in [0.2, 0.25) is 5.02 Å². The molecule has 12 heteroatoms. The summed E-state index contributed by atoms with van der Waals surface area (Å²) in [6.45, 7) is 1.89. The number of nitro benzene ring substituents is 1. The Hall–Kier alpha value is -2.42. The van der Waals surface area contributed by atoms with Crippen molar-refractivity contribution in [3.8, 4) is 11.5 Å². The Morgan fingerprint density at radius 3 is 2.48 bits per heavy atom. The minimum atomic E-state index is -4.55. The normalized spacial score (nSPS) is 11.9. The Morgan fingerprint density at radius 1 is 1.24 bits per heavy atom. The van der Waals surface area contributed by atoms with Crippen LogP contribution >= 0.6 is 19.6 Å². The number of nitro groups is 1. The van der Waals surface area contributed by atoms with Gasteiger partial charge < -0.3 is 9.64 Å². The van der Waals surface area contributed by atoms with Gasteiger partial charge in [0.1, 0.15) is 17.2 Å². The largest absolute Gasteiger partial charge is 0.530 e. The molecule has 7 nitrogen and oxygen atoms in total. The predicted octanol–water partition coefficient (Wildman–Crippen LogP) is 6.23. The fourth-order valence-electron chi connectivity index (χ4n) is 2.35. The number of nitrogens with zero attached hydrogens (tertiary/aromatic N) is 2. The average Bonchev–Trinajstić information content (AvgIpc) is 2.62. The first-order chi connectivity index (χ1) is 13.5. The Balaban J connectivity index is 2.33. The number of rotatable bonds is 8. The molecule has 1 atom stereocenters. The summed E-state index contributed by atoms with van der Waals surface area (Å²) < 4.78 is 60.5. The van der Waals surface area contributed by atoms with Crippen LogP contribution in [-0.4, -0.2) is 24.9 Å². The summed E-state index contributed by atoms with van der Waals surface area (Å²) in [6.07, 6.45) is -4.66. The maximum Gasteiger partial charge on any atom is 0.530 e. The van der Waals surface area contributed by atoms with E-state index < -0.39 is 24.7 Å². The van der Waals surface area contributed by atoms with Gasteiger partial charge in [-0.15, -0.1) is 4.52 Å². The highest BCUT2D eigenvalue weighted by atomic mass is 35.5. The molecule has 0 heterocycles. The van der Waals surface area contributed by atoms with Gasteiger partial charge in [0.05, 0.1) is 22.1 Å². The highest BCUT2D eigenvalue weighted by molar-refractivity contribution is 7.39. The third-order valence-electron chi connectivity index (χ3n) is 3.64. The molecule has 0 radical (unpaired) electrons. The third kappa shape index (κ3) is 6.03. The molecule has 0 amide bonds. The minimum absolute atomic E-state index is 0.0532. The zero-order valence-corrected chi connectivity index (χ0v) is 16.9. The first kappa shape index (κ1) is 22.9. The second-order valence-electron chi connectivity index (χ2n) is 5.74. The van der Waals surface area contributed by atoms with Crippen molar-refractivity contribution in [2.24, 2.45) is 0 Å². The first-order valence-corrected chi connectivity index (χ1v) is 9.88. The van der Waals surface area contributed by atoms with Gasteiger partial charge in [-0.1, -0.05) is 11.6 Å². The van der Waals surface area contributed by atoms with Crippen LogP contribution in [-0.2, 0) is 15.3 Å². The van der Waals surface area contributed by atoms with E-state index in [1.807, 2.05) is 0 Å². The lowest BCUT2D eigenvalue weighted by Crippen LogP contribution is -2.18. The van der Waals surface area contributed by atoms with Crippen molar-refractivity contribution in [3.05, 3.63) is 57.1 Å². The summed E-state index contributed by atoms with van der Waals surface area (Å²) in [5, 5.41) is 11.0. The first-order valence-electron chi connectivity index (χ1n) is 8.14. The lowest BCUT2D eigenvalue weighted by atomic mass is 10.2. The quantitative estimate of drug-likeness (QED) is 0.269. The smallest absolute Gasteiger partial charge is 0.456 e. The van der Waals surface area contributed by atoms with Crippen LogP contribution in [0.1, 0.15) is 12.5 Å². The molecule has 156 valence electrons. The second-order valence-corrected chi connectivity index (χ2v) is 7.36. The van der Waals surface area contributed by atoms with E-state index >= 15 is 0 Å². The molecule has 2 rings (SSSR count). The molecule has 0 bridgehead atoms. The van der Waals surface area contributed by atoms with Crippen LogP contribution in [0.25, 0.3) is 0 Å². The fraction of sp³-hybridized carbons (Fsp3) is 0.294. The van der Waals surface area contributed by atoms with E-state index in [2.05, 4.69) is 0 Å². The standard InChI is InChI=1S/C17H16ClF3N2O5P/c1-3-27-29(26)10-22(2)15-9-12(5-6-14(15)23(24)25)28-16-7-4-11(8-13(16)18)17(19,20)21/h4-9H,3,10H2,1-2H3/q+1. The molecule has 2 aromatic carbocycles. The molecule has 0 aromatic heterocycles. The van der Waals surface area contributed by atoms with Crippen LogP contribution in [0.3, 0.4) is 0 Å². The van der Waals surface area contributed by atoms with Crippen LogP contribution < -0.4 is 9.64 Å². The monoisotopic (exact) mass is 451 g/mol. The van der Waals surface area contributed by atoms with Gasteiger partial charge in [-0.3, -0.25) is 10.1 Å². The molecule has 1 unspecified atom stereocenters. The topological polar surface area (TPSA) is 81.9 Å². The molecule has 0 aliphatic heterocycles. The van der Waals surface area contributed by atoms with E-state index in [4.69, 9.17) is 20.9 Å². The number of hydrogen-bond donors (Lipinski definition) is 0. The van der Waals surface area contributed by atoms with E-state index in [1.165, 1.54) is 30.1 Å². The van der Waals surface area contributed by atoms with E-state index in [-0.39, 0.29) is 40.8 Å². The fourth-order valence-corrected chi connectivity index (χ4v) is 3.44. The Morgan fingerprint density at radius 2 is 1.93 bits per heavy atom. The summed E-state index contributed by atoms with van der Waals surface area (Å²) in [5.74, 6) is 0.0493. The highest BCUT2D eigenvalue weighted by Gasteiger charge is 2.31. The summed E-state index contributed by atoms with van der Waals surface area (Å²) >= 11 is 5.87. The van der Waals surface area contributed by atoms with Crippen molar-refractivity contribution in [1.29, 1.82) is 0 Å². The Labute approximate surface area is 170 Å². The van der Waals surface area contributed by atoms with E-state index in [0.29, 0.717) is 0 Å². The summed E-state index contributed by atoms with van der Waals surface area (Å²) in [5.41, 5.74) is -1.10. The van der Waals surface area contributed by atoms with Crippen molar-refractivity contribution in [2.75, 3.05) is 24.8 Å². The predicted molar refractivity (Wildman–Crippen MR) is 102 cm³/mol. The van der Waals surface area contributed by atoms with Gasteiger partial charge in [0, 0.05) is 19.2 Å². The number of ether oxygens (including phenoxy) is 1. The van der Waals surface area contributed by atoms with E-state index in [0.717, 1.165) is 18.2 Å². The number of halogens is 4. The van der Waals surface area contributed by atoms with Crippen LogP contribution in [0, 0.1) is 10.1 Å². The lowest BCUT2D eigenvalue weighted by molar-refractivity contribution is -0.384. The molecular formula is C17H16ClF3N2O5P+. The number of benzene rings is 2. The van der Waals surface area contributed by atoms with Crippen molar-refractivity contribution in [3.63, 3.8) is 0 Å². The minimum Gasteiger partial charge on any atom is -0.456 e. The zero-order chi connectivity index (χ0) is 21.8. The molecule has 0 N–H and O–H groups in total. The maximum atomic E-state index is 12.7. The molecule has 0 fully saturated rings. The van der Waals surface area contributed by atoms with Crippen molar-refractivity contribution < 1.29 is 31.9 Å². The Kier molecular flexibility index (Phi) is 7.40. The molecule has 2 aromatic rings. The highest BCUT2D eigenvalue weighted by Crippen LogP contribution is 2.39. The van der Waals surface area contributed by atoms with Gasteiger partial charge >= 0.3 is 14.2 Å². The molecule has 0 aliphatic carbocycles. The Bertz CT molecular complexity index is 926. The van der Waals surface area contributed by atoms with Crippen molar-refractivity contribution in [2.45, 2.75) is 13.1 Å². The summed E-state index contributed by atoms with van der Waals surface area (Å²) in [4.78, 5) is 12.1. The maximum absolute atomic E-state index is 12.7. The molecule has 29 heavy (non-hydrogen) atoms. The second kappa shape index (κ2) is 9.39. The van der Waals surface area contributed by atoms with Gasteiger partial charge in [-0.25, -0.2) is 0 Å². The lowest BCUT2D eigenvalue weighted by Gasteiger charge is -2.16. The van der Waals surface area contributed by atoms with Gasteiger partial charge in [0.25, 0.3) is 12.0 Å². The van der Waals surface area contributed by atoms with Crippen LogP contribution in [0.5, 0.6) is 11.5 Å². The van der Waals surface area contributed by atoms with Crippen molar-refractivity contribution >= 4 is 31.0 Å². The van der Waals surface area contributed by atoms with Gasteiger partial charge in [0.15, 0.2) is 0 Å². The van der Waals surface area contributed by atoms with Crippen molar-refractivity contribution in [1.82, 2.24) is 0 Å². The average molecular weight is 452 g/mol. The summed E-state index contributed by atoms with van der Waals surface area (Å²) in [6, 6.07) is 6.36. The van der Waals surface area contributed by atoms with Gasteiger partial charge in [0.2, 0.25) is 0 Å². The third-order valence-corrected chi connectivity index (χ3v) is 5.14. The molecule has 0 aliphatic rings. The number of anilines is 1. The van der Waals surface area contributed by atoms with E-state index in [9.17, 15) is 27.9 Å².